The third-order valence-corrected chi connectivity index (χ3v) is 3.97. The van der Waals surface area contributed by atoms with E-state index >= 15 is 0 Å². The number of fused-ring (bicyclic) bond motifs is 3. The maximum Gasteiger partial charge on any atom is 0.222 e. The Hall–Kier alpha value is -3.07. The second kappa shape index (κ2) is 5.04. The zero-order valence-electron chi connectivity index (χ0n) is 11.8. The lowest BCUT2D eigenvalue weighted by molar-refractivity contribution is -0.520. The molecule has 3 rings (SSSR count). The van der Waals surface area contributed by atoms with Gasteiger partial charge in [-0.25, -0.2) is 0 Å². The Morgan fingerprint density at radius 2 is 2.09 bits per heavy atom. The van der Waals surface area contributed by atoms with Crippen LogP contribution in [0.1, 0.15) is 18.4 Å². The second-order valence-corrected chi connectivity index (χ2v) is 5.19. The largest absolute Gasteiger partial charge is 0.440 e. The van der Waals surface area contributed by atoms with Crippen LogP contribution in [0.25, 0.3) is 10.8 Å². The molecule has 0 fully saturated rings. The molecule has 1 aliphatic rings. The van der Waals surface area contributed by atoms with E-state index in [-0.39, 0.29) is 11.5 Å². The van der Waals surface area contributed by atoms with E-state index in [4.69, 9.17) is 10.5 Å². The van der Waals surface area contributed by atoms with Gasteiger partial charge in [0.15, 0.2) is 0 Å². The highest BCUT2D eigenvalue weighted by atomic mass is 16.6. The molecule has 6 nitrogen and oxygen atoms in total. The molecule has 0 bridgehead atoms. The van der Waals surface area contributed by atoms with Crippen LogP contribution < -0.4 is 10.5 Å². The molecule has 0 amide bonds. The van der Waals surface area contributed by atoms with Gasteiger partial charge in [-0.2, -0.15) is 5.26 Å². The van der Waals surface area contributed by atoms with Crippen LogP contribution in [0.4, 0.5) is 0 Å². The summed E-state index contributed by atoms with van der Waals surface area (Å²) in [6, 6.07) is 12.1. The molecule has 0 saturated carbocycles. The summed E-state index contributed by atoms with van der Waals surface area (Å²) < 4.78 is 5.52. The van der Waals surface area contributed by atoms with Gasteiger partial charge in [-0.05, 0) is 16.8 Å². The molecule has 1 aliphatic heterocycles. The Labute approximate surface area is 126 Å². The standard InChI is InChI=1S/C16H13N3O3/c1-9(19(20)21)14-12(8-17)16(18)22-13-7-6-10-4-2-3-5-11(10)15(13)14/h2-7,9,14H,18H2,1H3. The van der Waals surface area contributed by atoms with E-state index in [2.05, 4.69) is 0 Å². The zero-order chi connectivity index (χ0) is 15.9. The molecule has 0 saturated heterocycles. The molecule has 2 unspecified atom stereocenters. The summed E-state index contributed by atoms with van der Waals surface area (Å²) in [6.45, 7) is 1.48. The monoisotopic (exact) mass is 295 g/mol. The SMILES string of the molecule is CC(C1C(C#N)=C(N)Oc2ccc3ccccc3c21)[N+](=O)[O-]. The van der Waals surface area contributed by atoms with Gasteiger partial charge in [0, 0.05) is 17.4 Å². The lowest BCUT2D eigenvalue weighted by atomic mass is 9.82. The quantitative estimate of drug-likeness (QED) is 0.677. The highest BCUT2D eigenvalue weighted by molar-refractivity contribution is 5.89. The van der Waals surface area contributed by atoms with Crippen LogP contribution in [-0.2, 0) is 0 Å². The molecule has 22 heavy (non-hydrogen) atoms. The normalized spacial score (nSPS) is 18.3. The minimum Gasteiger partial charge on any atom is -0.440 e. The molecule has 0 aliphatic carbocycles. The Morgan fingerprint density at radius 1 is 1.36 bits per heavy atom. The van der Waals surface area contributed by atoms with E-state index in [0.717, 1.165) is 10.8 Å². The number of ether oxygens (including phenoxy) is 1. The van der Waals surface area contributed by atoms with Gasteiger partial charge in [-0.3, -0.25) is 10.1 Å². The molecule has 2 N–H and O–H groups in total. The molecule has 0 aromatic heterocycles. The Morgan fingerprint density at radius 3 is 2.77 bits per heavy atom. The van der Waals surface area contributed by atoms with Crippen molar-refractivity contribution < 1.29 is 9.66 Å². The molecule has 2 aromatic rings. The van der Waals surface area contributed by atoms with Gasteiger partial charge in [0.1, 0.15) is 17.4 Å². The first-order valence-electron chi connectivity index (χ1n) is 6.77. The molecule has 1 heterocycles. The van der Waals surface area contributed by atoms with Crippen LogP contribution in [0.2, 0.25) is 0 Å². The molecular weight excluding hydrogens is 282 g/mol. The maximum absolute atomic E-state index is 11.3. The molecule has 0 spiro atoms. The summed E-state index contributed by atoms with van der Waals surface area (Å²) >= 11 is 0. The summed E-state index contributed by atoms with van der Waals surface area (Å²) in [4.78, 5) is 10.9. The fourth-order valence-corrected chi connectivity index (χ4v) is 2.89. The molecular formula is C16H13N3O3. The van der Waals surface area contributed by atoms with E-state index in [1.54, 1.807) is 6.07 Å². The van der Waals surface area contributed by atoms with E-state index < -0.39 is 16.9 Å². The van der Waals surface area contributed by atoms with Gasteiger partial charge in [-0.15, -0.1) is 0 Å². The van der Waals surface area contributed by atoms with Gasteiger partial charge < -0.3 is 10.5 Å². The number of nitro groups is 1. The van der Waals surface area contributed by atoms with Crippen LogP contribution in [-0.4, -0.2) is 11.0 Å². The summed E-state index contributed by atoms with van der Waals surface area (Å²) in [5.41, 5.74) is 6.54. The number of hydrogen-bond donors (Lipinski definition) is 1. The molecule has 2 aromatic carbocycles. The average Bonchev–Trinajstić information content (AvgIpc) is 2.52. The first-order chi connectivity index (χ1) is 10.5. The van der Waals surface area contributed by atoms with Gasteiger partial charge >= 0.3 is 0 Å². The Balaban J connectivity index is 2.34. The number of rotatable bonds is 2. The maximum atomic E-state index is 11.3. The third-order valence-electron chi connectivity index (χ3n) is 3.97. The van der Waals surface area contributed by atoms with Crippen molar-refractivity contribution >= 4 is 10.8 Å². The summed E-state index contributed by atoms with van der Waals surface area (Å²) in [5.74, 6) is -0.326. The summed E-state index contributed by atoms with van der Waals surface area (Å²) in [7, 11) is 0. The summed E-state index contributed by atoms with van der Waals surface area (Å²) in [5, 5.41) is 22.4. The van der Waals surface area contributed by atoms with E-state index in [1.807, 2.05) is 36.4 Å². The smallest absolute Gasteiger partial charge is 0.222 e. The first-order valence-corrected chi connectivity index (χ1v) is 6.77. The van der Waals surface area contributed by atoms with Gasteiger partial charge in [0.25, 0.3) is 0 Å². The van der Waals surface area contributed by atoms with Crippen LogP contribution in [0.15, 0.2) is 47.9 Å². The van der Waals surface area contributed by atoms with Crippen molar-refractivity contribution in [1.29, 1.82) is 5.26 Å². The van der Waals surface area contributed by atoms with Crippen molar-refractivity contribution in [2.45, 2.75) is 18.9 Å². The van der Waals surface area contributed by atoms with Crippen molar-refractivity contribution in [1.82, 2.24) is 0 Å². The highest BCUT2D eigenvalue weighted by Gasteiger charge is 2.40. The second-order valence-electron chi connectivity index (χ2n) is 5.19. The van der Waals surface area contributed by atoms with Crippen LogP contribution in [0.5, 0.6) is 5.75 Å². The highest BCUT2D eigenvalue weighted by Crippen LogP contribution is 2.44. The van der Waals surface area contributed by atoms with Gasteiger partial charge in [0.2, 0.25) is 11.9 Å². The van der Waals surface area contributed by atoms with Crippen molar-refractivity contribution in [3.8, 4) is 11.8 Å². The average molecular weight is 295 g/mol. The minimum atomic E-state index is -0.985. The predicted octanol–water partition coefficient (Wildman–Crippen LogP) is 2.67. The number of nitrogens with two attached hydrogens (primary N) is 1. The number of nitriles is 1. The zero-order valence-corrected chi connectivity index (χ0v) is 11.8. The van der Waals surface area contributed by atoms with Crippen molar-refractivity contribution in [3.05, 3.63) is 63.5 Å². The fourth-order valence-electron chi connectivity index (χ4n) is 2.89. The van der Waals surface area contributed by atoms with Gasteiger partial charge in [0.05, 0.1) is 5.92 Å². The molecule has 110 valence electrons. The predicted molar refractivity (Wildman–Crippen MR) is 80.6 cm³/mol. The number of hydrogen-bond acceptors (Lipinski definition) is 5. The van der Waals surface area contributed by atoms with E-state index in [1.165, 1.54) is 6.92 Å². The molecule has 6 heteroatoms. The summed E-state index contributed by atoms with van der Waals surface area (Å²) in [6.07, 6.45) is 0. The Bertz CT molecular complexity index is 851. The Kier molecular flexibility index (Phi) is 3.18. The van der Waals surface area contributed by atoms with Crippen LogP contribution >= 0.6 is 0 Å². The van der Waals surface area contributed by atoms with E-state index in [0.29, 0.717) is 11.3 Å². The van der Waals surface area contributed by atoms with Crippen LogP contribution in [0.3, 0.4) is 0 Å². The van der Waals surface area contributed by atoms with Crippen LogP contribution in [0, 0.1) is 21.4 Å². The fraction of sp³-hybridized carbons (Fsp3) is 0.188. The van der Waals surface area contributed by atoms with Crippen molar-refractivity contribution in [2.24, 2.45) is 5.73 Å². The number of nitrogens with zero attached hydrogens (tertiary/aromatic N) is 2. The topological polar surface area (TPSA) is 102 Å². The number of benzene rings is 2. The van der Waals surface area contributed by atoms with Gasteiger partial charge in [-0.1, -0.05) is 30.3 Å². The molecule has 0 radical (unpaired) electrons. The molecule has 2 atom stereocenters. The van der Waals surface area contributed by atoms with Crippen molar-refractivity contribution in [2.75, 3.05) is 0 Å². The van der Waals surface area contributed by atoms with Crippen molar-refractivity contribution in [3.63, 3.8) is 0 Å². The lowest BCUT2D eigenvalue weighted by Gasteiger charge is -2.27. The van der Waals surface area contributed by atoms with E-state index in [9.17, 15) is 15.4 Å². The first kappa shape index (κ1) is 13.9. The third kappa shape index (κ3) is 1.95. The lowest BCUT2D eigenvalue weighted by Crippen LogP contribution is -2.31. The minimum absolute atomic E-state index is 0.0658.